The molecule has 1 aromatic heterocycles. The number of thiophene rings is 1. The molecular formula is C11H16N2O2S. The number of hydrogen-bond acceptors (Lipinski definition) is 4. The lowest BCUT2D eigenvalue weighted by atomic mass is 10.2. The summed E-state index contributed by atoms with van der Waals surface area (Å²) in [5, 5.41) is 6.17. The van der Waals surface area contributed by atoms with E-state index in [0.29, 0.717) is 13.0 Å². The van der Waals surface area contributed by atoms with E-state index in [-0.39, 0.29) is 12.0 Å². The predicted octanol–water partition coefficient (Wildman–Crippen LogP) is 1.09. The normalized spacial score (nSPS) is 20.7. The zero-order chi connectivity index (χ0) is 11.4. The molecule has 2 heterocycles. The van der Waals surface area contributed by atoms with Gasteiger partial charge >= 0.3 is 0 Å². The second-order valence-corrected chi connectivity index (χ2v) is 4.73. The molecule has 2 rings (SSSR count). The Morgan fingerprint density at radius 1 is 1.75 bits per heavy atom. The number of carbonyl (C=O) groups is 1. The highest BCUT2D eigenvalue weighted by Crippen LogP contribution is 2.20. The topological polar surface area (TPSA) is 41.6 Å². The molecule has 88 valence electrons. The summed E-state index contributed by atoms with van der Waals surface area (Å²) in [5.74, 6) is 0.108. The number of nitrogens with one attached hydrogen (secondary N) is 1. The van der Waals surface area contributed by atoms with Gasteiger partial charge in [0.25, 0.3) is 0 Å². The molecular weight excluding hydrogens is 224 g/mol. The van der Waals surface area contributed by atoms with E-state index < -0.39 is 0 Å². The third-order valence-electron chi connectivity index (χ3n) is 2.62. The van der Waals surface area contributed by atoms with Crippen molar-refractivity contribution in [2.75, 3.05) is 31.6 Å². The van der Waals surface area contributed by atoms with Crippen LogP contribution in [0.25, 0.3) is 0 Å². The number of anilines is 1. The van der Waals surface area contributed by atoms with E-state index in [0.717, 1.165) is 18.1 Å². The van der Waals surface area contributed by atoms with Crippen molar-refractivity contribution in [3.8, 4) is 0 Å². The molecule has 1 N–H and O–H groups in total. The number of amides is 1. The molecule has 1 atom stereocenters. The standard InChI is InChI=1S/C11H16N2O2S/c1-13(11-3-2-6-16-11)10(14)7-9-8-12-4-5-15-9/h2-3,6,9,12H,4-5,7-8H2,1H3. The van der Waals surface area contributed by atoms with E-state index in [4.69, 9.17) is 4.74 Å². The molecule has 1 unspecified atom stereocenters. The van der Waals surface area contributed by atoms with Crippen LogP contribution < -0.4 is 10.2 Å². The van der Waals surface area contributed by atoms with E-state index >= 15 is 0 Å². The number of rotatable bonds is 3. The van der Waals surface area contributed by atoms with Gasteiger partial charge < -0.3 is 15.0 Å². The molecule has 0 aliphatic carbocycles. The first kappa shape index (κ1) is 11.6. The van der Waals surface area contributed by atoms with Gasteiger partial charge in [-0.05, 0) is 17.5 Å². The lowest BCUT2D eigenvalue weighted by molar-refractivity contribution is -0.121. The molecule has 5 heteroatoms. The average molecular weight is 240 g/mol. The smallest absolute Gasteiger partial charge is 0.229 e. The number of carbonyl (C=O) groups excluding carboxylic acids is 1. The summed E-state index contributed by atoms with van der Waals surface area (Å²) < 4.78 is 5.51. The van der Waals surface area contributed by atoms with Crippen molar-refractivity contribution in [3.05, 3.63) is 17.5 Å². The molecule has 1 aromatic rings. The van der Waals surface area contributed by atoms with Crippen molar-refractivity contribution >= 4 is 22.2 Å². The summed E-state index contributed by atoms with van der Waals surface area (Å²) in [5.41, 5.74) is 0. The average Bonchev–Trinajstić information content (AvgIpc) is 2.83. The van der Waals surface area contributed by atoms with Crippen LogP contribution in [-0.4, -0.2) is 38.8 Å². The molecule has 1 fully saturated rings. The van der Waals surface area contributed by atoms with Crippen molar-refractivity contribution in [3.63, 3.8) is 0 Å². The van der Waals surface area contributed by atoms with E-state index in [1.54, 1.807) is 16.2 Å². The maximum atomic E-state index is 11.9. The minimum absolute atomic E-state index is 0.0173. The monoisotopic (exact) mass is 240 g/mol. The van der Waals surface area contributed by atoms with Crippen LogP contribution in [0.5, 0.6) is 0 Å². The van der Waals surface area contributed by atoms with Crippen molar-refractivity contribution in [2.24, 2.45) is 0 Å². The van der Waals surface area contributed by atoms with Crippen LogP contribution in [0.3, 0.4) is 0 Å². The maximum absolute atomic E-state index is 11.9. The first-order chi connectivity index (χ1) is 7.77. The zero-order valence-electron chi connectivity index (χ0n) is 9.31. The Morgan fingerprint density at radius 3 is 3.25 bits per heavy atom. The van der Waals surface area contributed by atoms with Gasteiger partial charge in [-0.1, -0.05) is 0 Å². The van der Waals surface area contributed by atoms with Gasteiger partial charge in [0.15, 0.2) is 0 Å². The van der Waals surface area contributed by atoms with Gasteiger partial charge in [0.05, 0.1) is 24.1 Å². The third-order valence-corrected chi connectivity index (χ3v) is 3.56. The van der Waals surface area contributed by atoms with Crippen LogP contribution in [0.1, 0.15) is 6.42 Å². The Labute approximate surface area is 99.2 Å². The zero-order valence-corrected chi connectivity index (χ0v) is 10.1. The fourth-order valence-corrected chi connectivity index (χ4v) is 2.38. The van der Waals surface area contributed by atoms with Crippen LogP contribution >= 0.6 is 11.3 Å². The van der Waals surface area contributed by atoms with Gasteiger partial charge in [-0.2, -0.15) is 0 Å². The van der Waals surface area contributed by atoms with Crippen molar-refractivity contribution in [2.45, 2.75) is 12.5 Å². The van der Waals surface area contributed by atoms with Gasteiger partial charge in [-0.25, -0.2) is 0 Å². The van der Waals surface area contributed by atoms with Crippen LogP contribution in [0, 0.1) is 0 Å². The van der Waals surface area contributed by atoms with Crippen molar-refractivity contribution in [1.29, 1.82) is 0 Å². The van der Waals surface area contributed by atoms with Crippen LogP contribution in [0.4, 0.5) is 5.00 Å². The summed E-state index contributed by atoms with van der Waals surface area (Å²) >= 11 is 1.57. The van der Waals surface area contributed by atoms with E-state index in [2.05, 4.69) is 5.32 Å². The number of ether oxygens (including phenoxy) is 1. The number of morpholine rings is 1. The van der Waals surface area contributed by atoms with Gasteiger partial charge in [0.1, 0.15) is 0 Å². The van der Waals surface area contributed by atoms with E-state index in [1.807, 2.05) is 24.6 Å². The first-order valence-corrected chi connectivity index (χ1v) is 6.27. The predicted molar refractivity (Wildman–Crippen MR) is 65.0 cm³/mol. The molecule has 0 spiro atoms. The fraction of sp³-hybridized carbons (Fsp3) is 0.545. The molecule has 1 aliphatic heterocycles. The summed E-state index contributed by atoms with van der Waals surface area (Å²) in [7, 11) is 1.81. The van der Waals surface area contributed by atoms with Gasteiger partial charge in [0.2, 0.25) is 5.91 Å². The fourth-order valence-electron chi connectivity index (χ4n) is 1.67. The maximum Gasteiger partial charge on any atom is 0.229 e. The van der Waals surface area contributed by atoms with Gasteiger partial charge in [0, 0.05) is 20.1 Å². The van der Waals surface area contributed by atoms with Crippen LogP contribution in [0.2, 0.25) is 0 Å². The Kier molecular flexibility index (Phi) is 3.93. The van der Waals surface area contributed by atoms with E-state index in [1.165, 1.54) is 0 Å². The molecule has 0 aromatic carbocycles. The Hall–Kier alpha value is -0.910. The van der Waals surface area contributed by atoms with Crippen molar-refractivity contribution < 1.29 is 9.53 Å². The molecule has 1 saturated heterocycles. The van der Waals surface area contributed by atoms with Gasteiger partial charge in [-0.15, -0.1) is 11.3 Å². The molecule has 0 bridgehead atoms. The lowest BCUT2D eigenvalue weighted by Gasteiger charge is -2.25. The highest BCUT2D eigenvalue weighted by molar-refractivity contribution is 7.14. The summed E-state index contributed by atoms with van der Waals surface area (Å²) in [4.78, 5) is 13.6. The Bertz CT molecular complexity index is 334. The number of nitrogens with zero attached hydrogens (tertiary/aromatic N) is 1. The molecule has 0 saturated carbocycles. The van der Waals surface area contributed by atoms with Crippen LogP contribution in [-0.2, 0) is 9.53 Å². The minimum Gasteiger partial charge on any atom is -0.375 e. The number of hydrogen-bond donors (Lipinski definition) is 1. The van der Waals surface area contributed by atoms with E-state index in [9.17, 15) is 4.79 Å². The third kappa shape index (κ3) is 2.81. The second-order valence-electron chi connectivity index (χ2n) is 3.81. The Morgan fingerprint density at radius 2 is 2.62 bits per heavy atom. The van der Waals surface area contributed by atoms with Gasteiger partial charge in [-0.3, -0.25) is 4.79 Å². The Balaban J connectivity index is 1.87. The SMILES string of the molecule is CN(C(=O)CC1CNCCO1)c1cccs1. The largest absolute Gasteiger partial charge is 0.375 e. The highest BCUT2D eigenvalue weighted by Gasteiger charge is 2.20. The first-order valence-electron chi connectivity index (χ1n) is 5.40. The minimum atomic E-state index is 0.0173. The highest BCUT2D eigenvalue weighted by atomic mass is 32.1. The molecule has 1 amide bonds. The molecule has 1 aliphatic rings. The second kappa shape index (κ2) is 5.43. The quantitative estimate of drug-likeness (QED) is 0.860. The molecule has 4 nitrogen and oxygen atoms in total. The molecule has 16 heavy (non-hydrogen) atoms. The van der Waals surface area contributed by atoms with Crippen LogP contribution in [0.15, 0.2) is 17.5 Å². The summed E-state index contributed by atoms with van der Waals surface area (Å²) in [6, 6.07) is 3.89. The summed E-state index contributed by atoms with van der Waals surface area (Å²) in [6.07, 6.45) is 0.463. The van der Waals surface area contributed by atoms with Crippen molar-refractivity contribution in [1.82, 2.24) is 5.32 Å². The molecule has 0 radical (unpaired) electrons. The summed E-state index contributed by atoms with van der Waals surface area (Å²) in [6.45, 7) is 2.34. The lowest BCUT2D eigenvalue weighted by Crippen LogP contribution is -2.41.